The Bertz CT molecular complexity index is 887. The molecule has 0 saturated carbocycles. The molecule has 2 amide bonds. The van der Waals surface area contributed by atoms with E-state index in [1.54, 1.807) is 11.0 Å². The van der Waals surface area contributed by atoms with E-state index in [-0.39, 0.29) is 36.0 Å². The minimum absolute atomic E-state index is 0.0371. The van der Waals surface area contributed by atoms with Gasteiger partial charge in [0, 0.05) is 6.54 Å². The second-order valence-corrected chi connectivity index (χ2v) is 9.64. The number of hydrogen-bond donors (Lipinski definition) is 3. The number of benzene rings is 1. The van der Waals surface area contributed by atoms with Gasteiger partial charge >= 0.3 is 13.2 Å². The topological polar surface area (TPSA) is 123 Å². The van der Waals surface area contributed by atoms with Crippen molar-refractivity contribution in [3.05, 3.63) is 47.0 Å². The third-order valence-corrected chi connectivity index (χ3v) is 5.46. The third-order valence-electron chi connectivity index (χ3n) is 5.46. The molecule has 1 heterocycles. The van der Waals surface area contributed by atoms with Crippen molar-refractivity contribution in [3.63, 3.8) is 0 Å². The Balaban J connectivity index is 1.99. The Morgan fingerprint density at radius 3 is 2.55 bits per heavy atom. The molecule has 1 fully saturated rings. The normalized spacial score (nSPS) is 17.7. The second-order valence-electron chi connectivity index (χ2n) is 9.64. The summed E-state index contributed by atoms with van der Waals surface area (Å²) in [5.41, 5.74) is 1.69. The first-order chi connectivity index (χ1) is 15.5. The molecule has 3 N–H and O–H groups in total. The number of nitriles is 1. The summed E-state index contributed by atoms with van der Waals surface area (Å²) in [7, 11) is -1.76. The number of rotatable bonds is 7. The van der Waals surface area contributed by atoms with E-state index in [9.17, 15) is 24.9 Å². The van der Waals surface area contributed by atoms with Crippen molar-refractivity contribution >= 4 is 19.1 Å². The fraction of sp³-hybridized carbons (Fsp3) is 0.542. The second kappa shape index (κ2) is 11.9. The molecule has 0 bridgehead atoms. The summed E-state index contributed by atoms with van der Waals surface area (Å²) in [6, 6.07) is 9.20. The largest absolute Gasteiger partial charge is 0.475 e. The van der Waals surface area contributed by atoms with Crippen molar-refractivity contribution in [1.82, 2.24) is 10.2 Å². The fourth-order valence-electron chi connectivity index (χ4n) is 3.74. The molecule has 1 saturated heterocycles. The molecule has 1 unspecified atom stereocenters. The van der Waals surface area contributed by atoms with Crippen LogP contribution < -0.4 is 5.32 Å². The van der Waals surface area contributed by atoms with Crippen molar-refractivity contribution in [2.24, 2.45) is 5.41 Å². The minimum atomic E-state index is -1.76. The standard InChI is InChI=1S/C24H34BN3O5/c1-17-8-10-18(11-9-17)13-21(25(31)32)27-23(30)33-16-20-7-5-6-12-28(20)22(29)19(15-26)14-24(2,3)4/h8-11,14,20-21,31-32H,5-7,12-13,16H2,1-4H3,(H,27,30)/t20?,21-/m0/s1. The maximum atomic E-state index is 13.0. The minimum Gasteiger partial charge on any atom is -0.447 e. The SMILES string of the molecule is Cc1ccc(C[C@H](NC(=O)OCC2CCCCN2C(=O)C(C#N)=CC(C)(C)C)B(O)O)cc1. The first-order valence-corrected chi connectivity index (χ1v) is 11.3. The van der Waals surface area contributed by atoms with Gasteiger partial charge in [-0.1, -0.05) is 56.7 Å². The van der Waals surface area contributed by atoms with Gasteiger partial charge in [-0.3, -0.25) is 4.79 Å². The fourth-order valence-corrected chi connectivity index (χ4v) is 3.74. The van der Waals surface area contributed by atoms with Crippen LogP contribution in [0.25, 0.3) is 0 Å². The van der Waals surface area contributed by atoms with Crippen LogP contribution in [0.1, 0.15) is 51.2 Å². The lowest BCUT2D eigenvalue weighted by molar-refractivity contribution is -0.131. The molecule has 2 rings (SSSR count). The number of piperidine rings is 1. The average molecular weight is 455 g/mol. The Morgan fingerprint density at radius 2 is 1.97 bits per heavy atom. The smallest absolute Gasteiger partial charge is 0.447 e. The monoisotopic (exact) mass is 455 g/mol. The predicted molar refractivity (Wildman–Crippen MR) is 126 cm³/mol. The van der Waals surface area contributed by atoms with Crippen LogP contribution in [0, 0.1) is 23.7 Å². The number of ether oxygens (including phenoxy) is 1. The molecule has 0 radical (unpaired) electrons. The third kappa shape index (κ3) is 8.56. The lowest BCUT2D eigenvalue weighted by atomic mass is 9.76. The average Bonchev–Trinajstić information content (AvgIpc) is 2.76. The van der Waals surface area contributed by atoms with Gasteiger partial charge in [-0.15, -0.1) is 0 Å². The number of likely N-dealkylation sites (tertiary alicyclic amines) is 1. The van der Waals surface area contributed by atoms with Gasteiger partial charge in [0.05, 0.1) is 12.0 Å². The van der Waals surface area contributed by atoms with Gasteiger partial charge in [0.2, 0.25) is 0 Å². The number of hydrogen-bond acceptors (Lipinski definition) is 6. The first kappa shape index (κ1) is 26.4. The molecule has 1 aliphatic heterocycles. The highest BCUT2D eigenvalue weighted by atomic mass is 16.5. The van der Waals surface area contributed by atoms with E-state index in [1.165, 1.54) is 0 Å². The molecule has 8 nitrogen and oxygen atoms in total. The lowest BCUT2D eigenvalue weighted by Gasteiger charge is -2.35. The first-order valence-electron chi connectivity index (χ1n) is 11.3. The van der Waals surface area contributed by atoms with Gasteiger partial charge < -0.3 is 25.0 Å². The van der Waals surface area contributed by atoms with E-state index in [2.05, 4.69) is 5.32 Å². The molecule has 9 heteroatoms. The summed E-state index contributed by atoms with van der Waals surface area (Å²) in [6.45, 7) is 8.16. The Labute approximate surface area is 196 Å². The molecule has 1 aromatic carbocycles. The zero-order valence-corrected chi connectivity index (χ0v) is 19.9. The molecule has 33 heavy (non-hydrogen) atoms. The van der Waals surface area contributed by atoms with Crippen LogP contribution in [0.4, 0.5) is 4.79 Å². The number of nitrogens with zero attached hydrogens (tertiary/aromatic N) is 2. The predicted octanol–water partition coefficient (Wildman–Crippen LogP) is 2.52. The zero-order chi connectivity index (χ0) is 24.6. The van der Waals surface area contributed by atoms with Crippen LogP contribution >= 0.6 is 0 Å². The zero-order valence-electron chi connectivity index (χ0n) is 19.9. The van der Waals surface area contributed by atoms with Crippen LogP contribution in [-0.2, 0) is 16.0 Å². The molecule has 0 aromatic heterocycles. The summed E-state index contributed by atoms with van der Waals surface area (Å²) < 4.78 is 5.35. The number of allylic oxidation sites excluding steroid dienone is 1. The highest BCUT2D eigenvalue weighted by Gasteiger charge is 2.31. The summed E-state index contributed by atoms with van der Waals surface area (Å²) in [6.07, 6.45) is 3.46. The van der Waals surface area contributed by atoms with Crippen molar-refractivity contribution in [3.8, 4) is 6.07 Å². The highest BCUT2D eigenvalue weighted by molar-refractivity contribution is 6.43. The number of carbonyl (C=O) groups is 2. The number of amides is 2. The molecule has 1 aromatic rings. The number of aryl methyl sites for hydroxylation is 1. The molecular weight excluding hydrogens is 421 g/mol. The summed E-state index contributed by atoms with van der Waals surface area (Å²) >= 11 is 0. The van der Waals surface area contributed by atoms with E-state index >= 15 is 0 Å². The number of alkyl carbamates (subject to hydrolysis) is 1. The molecule has 1 aliphatic rings. The Kier molecular flexibility index (Phi) is 9.50. The Morgan fingerprint density at radius 1 is 1.30 bits per heavy atom. The van der Waals surface area contributed by atoms with Crippen LogP contribution in [0.5, 0.6) is 0 Å². The van der Waals surface area contributed by atoms with Crippen molar-refractivity contribution in [2.75, 3.05) is 13.2 Å². The summed E-state index contributed by atoms with van der Waals surface area (Å²) in [5.74, 6) is -1.30. The maximum Gasteiger partial charge on any atom is 0.475 e. The lowest BCUT2D eigenvalue weighted by Crippen LogP contribution is -2.50. The van der Waals surface area contributed by atoms with Gasteiger partial charge in [0.1, 0.15) is 18.2 Å². The summed E-state index contributed by atoms with van der Waals surface area (Å²) in [5, 5.41) is 31.3. The molecule has 2 atom stereocenters. The summed E-state index contributed by atoms with van der Waals surface area (Å²) in [4.78, 5) is 26.9. The van der Waals surface area contributed by atoms with Gasteiger partial charge in [0.15, 0.2) is 0 Å². The van der Waals surface area contributed by atoms with E-state index in [1.807, 2.05) is 58.0 Å². The van der Waals surface area contributed by atoms with Crippen LogP contribution in [-0.4, -0.2) is 59.2 Å². The van der Waals surface area contributed by atoms with E-state index in [0.29, 0.717) is 13.0 Å². The molecular formula is C24H34BN3O5. The van der Waals surface area contributed by atoms with Crippen molar-refractivity contribution in [2.45, 2.75) is 65.4 Å². The van der Waals surface area contributed by atoms with Crippen LogP contribution in [0.2, 0.25) is 0 Å². The van der Waals surface area contributed by atoms with Crippen LogP contribution in [0.15, 0.2) is 35.9 Å². The van der Waals surface area contributed by atoms with E-state index in [4.69, 9.17) is 4.74 Å². The van der Waals surface area contributed by atoms with Gasteiger partial charge in [-0.2, -0.15) is 5.26 Å². The van der Waals surface area contributed by atoms with Gasteiger partial charge in [-0.05, 0) is 43.6 Å². The quantitative estimate of drug-likeness (QED) is 0.330. The van der Waals surface area contributed by atoms with Crippen molar-refractivity contribution < 1.29 is 24.4 Å². The number of carbonyl (C=O) groups excluding carboxylic acids is 2. The van der Waals surface area contributed by atoms with Crippen LogP contribution in [0.3, 0.4) is 0 Å². The van der Waals surface area contributed by atoms with E-state index in [0.717, 1.165) is 24.0 Å². The van der Waals surface area contributed by atoms with Gasteiger partial charge in [0.25, 0.3) is 5.91 Å². The molecule has 0 spiro atoms. The van der Waals surface area contributed by atoms with Crippen molar-refractivity contribution in [1.29, 1.82) is 5.26 Å². The van der Waals surface area contributed by atoms with Gasteiger partial charge in [-0.25, -0.2) is 4.79 Å². The number of nitrogens with one attached hydrogen (secondary N) is 1. The highest BCUT2D eigenvalue weighted by Crippen LogP contribution is 2.23. The Hall–Kier alpha value is -2.83. The molecule has 178 valence electrons. The maximum absolute atomic E-state index is 13.0. The molecule has 0 aliphatic carbocycles. The van der Waals surface area contributed by atoms with E-state index < -0.39 is 19.2 Å².